The molecule has 0 saturated carbocycles. The molecule has 2 heterocycles. The van der Waals surface area contributed by atoms with Gasteiger partial charge in [0.05, 0.1) is 39.8 Å². The van der Waals surface area contributed by atoms with Crippen LogP contribution < -0.4 is 0 Å². The van der Waals surface area contributed by atoms with Crippen LogP contribution in [0.1, 0.15) is 22.5 Å². The molecule has 4 rings (SSSR count). The third-order valence-corrected chi connectivity index (χ3v) is 4.91. The van der Waals surface area contributed by atoms with E-state index in [2.05, 4.69) is 10.1 Å². The summed E-state index contributed by atoms with van der Waals surface area (Å²) >= 11 is 6.04. The monoisotopic (exact) mass is 470 g/mol. The molecule has 0 N–H and O–H groups in total. The molecule has 0 fully saturated rings. The SMILES string of the molecule is N#Cc1ccc2c(c(Cl)cn2Cc2noc(-c3cccc(C(F)(F)F)c3)n2)c1C(F)(F)F. The smallest absolute Gasteiger partial charge is 0.338 e. The van der Waals surface area contributed by atoms with Crippen molar-refractivity contribution in [1.82, 2.24) is 14.7 Å². The lowest BCUT2D eigenvalue weighted by atomic mass is 10.0. The Morgan fingerprint density at radius 1 is 1.06 bits per heavy atom. The van der Waals surface area contributed by atoms with Crippen molar-refractivity contribution in [2.24, 2.45) is 0 Å². The molecule has 0 spiro atoms. The molecular formula is C20H9ClF6N4O. The second-order valence-electron chi connectivity index (χ2n) is 6.69. The van der Waals surface area contributed by atoms with Crippen LogP contribution >= 0.6 is 11.6 Å². The van der Waals surface area contributed by atoms with E-state index in [1.165, 1.54) is 35.0 Å². The Hall–Kier alpha value is -3.52. The molecule has 4 aromatic rings. The molecule has 5 nitrogen and oxygen atoms in total. The standard InChI is InChI=1S/C20H9ClF6N4O/c21-13-8-31(14-5-4-11(7-28)17(16(13)14)20(25,26)27)9-15-29-18(32-30-15)10-2-1-3-12(6-10)19(22,23)24/h1-6,8H,9H2. The Kier molecular flexibility index (Phi) is 5.13. The number of alkyl halides is 6. The summed E-state index contributed by atoms with van der Waals surface area (Å²) in [4.78, 5) is 4.04. The van der Waals surface area contributed by atoms with Crippen LogP contribution in [-0.2, 0) is 18.9 Å². The molecule has 0 unspecified atom stereocenters. The van der Waals surface area contributed by atoms with E-state index >= 15 is 0 Å². The number of hydrogen-bond donors (Lipinski definition) is 0. The van der Waals surface area contributed by atoms with Crippen molar-refractivity contribution in [2.75, 3.05) is 0 Å². The zero-order valence-electron chi connectivity index (χ0n) is 15.6. The molecule has 0 amide bonds. The maximum Gasteiger partial charge on any atom is 0.418 e. The molecule has 0 bridgehead atoms. The summed E-state index contributed by atoms with van der Waals surface area (Å²) in [6, 6.07) is 8.13. The summed E-state index contributed by atoms with van der Waals surface area (Å²) in [6.45, 7) is -0.172. The van der Waals surface area contributed by atoms with Gasteiger partial charge in [-0.3, -0.25) is 0 Å². The fraction of sp³-hybridized carbons (Fsp3) is 0.150. The quantitative estimate of drug-likeness (QED) is 0.329. The highest BCUT2D eigenvalue weighted by Gasteiger charge is 2.37. The summed E-state index contributed by atoms with van der Waals surface area (Å²) in [6.07, 6.45) is -8.15. The molecular weight excluding hydrogens is 462 g/mol. The normalized spacial score (nSPS) is 12.3. The van der Waals surface area contributed by atoms with Gasteiger partial charge in [0.15, 0.2) is 5.82 Å². The van der Waals surface area contributed by atoms with E-state index in [1.54, 1.807) is 0 Å². The first-order valence-electron chi connectivity index (χ1n) is 8.78. The van der Waals surface area contributed by atoms with Crippen LogP contribution in [0.25, 0.3) is 22.4 Å². The first kappa shape index (κ1) is 21.7. The number of aromatic nitrogens is 3. The Morgan fingerprint density at radius 3 is 2.47 bits per heavy atom. The van der Waals surface area contributed by atoms with E-state index in [-0.39, 0.29) is 39.7 Å². The number of nitriles is 1. The summed E-state index contributed by atoms with van der Waals surface area (Å²) in [5, 5.41) is 12.2. The zero-order valence-corrected chi connectivity index (χ0v) is 16.3. The average molecular weight is 471 g/mol. The van der Waals surface area contributed by atoms with Gasteiger partial charge in [-0.2, -0.15) is 36.6 Å². The van der Waals surface area contributed by atoms with E-state index in [0.717, 1.165) is 18.2 Å². The third-order valence-electron chi connectivity index (χ3n) is 4.62. The molecule has 164 valence electrons. The minimum absolute atomic E-state index is 0.00361. The van der Waals surface area contributed by atoms with Crippen LogP contribution in [0.3, 0.4) is 0 Å². The average Bonchev–Trinajstić information content (AvgIpc) is 3.31. The first-order chi connectivity index (χ1) is 15.0. The third kappa shape index (κ3) is 3.89. The van der Waals surface area contributed by atoms with E-state index in [4.69, 9.17) is 21.4 Å². The largest absolute Gasteiger partial charge is 0.418 e. The zero-order chi connectivity index (χ0) is 23.3. The molecule has 32 heavy (non-hydrogen) atoms. The van der Waals surface area contributed by atoms with Crippen LogP contribution in [0, 0.1) is 11.3 Å². The van der Waals surface area contributed by atoms with Crippen molar-refractivity contribution in [1.29, 1.82) is 5.26 Å². The van der Waals surface area contributed by atoms with Gasteiger partial charge in [-0.25, -0.2) is 0 Å². The fourth-order valence-electron chi connectivity index (χ4n) is 3.28. The van der Waals surface area contributed by atoms with Crippen molar-refractivity contribution in [3.05, 3.63) is 70.1 Å². The molecule has 2 aromatic heterocycles. The minimum Gasteiger partial charge on any atom is -0.338 e. The van der Waals surface area contributed by atoms with Gasteiger partial charge < -0.3 is 9.09 Å². The Bertz CT molecular complexity index is 1360. The Morgan fingerprint density at radius 2 is 1.81 bits per heavy atom. The number of rotatable bonds is 3. The van der Waals surface area contributed by atoms with Gasteiger partial charge in [0, 0.05) is 17.1 Å². The summed E-state index contributed by atoms with van der Waals surface area (Å²) < 4.78 is 85.7. The van der Waals surface area contributed by atoms with E-state index in [9.17, 15) is 26.3 Å². The van der Waals surface area contributed by atoms with Crippen LogP contribution in [0.2, 0.25) is 5.02 Å². The predicted molar refractivity (Wildman–Crippen MR) is 101 cm³/mol. The maximum atomic E-state index is 13.6. The molecule has 2 aromatic carbocycles. The van der Waals surface area contributed by atoms with Gasteiger partial charge in [-0.05, 0) is 30.3 Å². The molecule has 12 heteroatoms. The molecule has 0 aliphatic carbocycles. The summed E-state index contributed by atoms with van der Waals surface area (Å²) in [5.74, 6) is -0.180. The Balaban J connectivity index is 1.72. The first-order valence-corrected chi connectivity index (χ1v) is 9.15. The fourth-order valence-corrected chi connectivity index (χ4v) is 3.59. The molecule has 0 aliphatic heterocycles. The highest BCUT2D eigenvalue weighted by Crippen LogP contribution is 2.41. The second-order valence-corrected chi connectivity index (χ2v) is 7.10. The highest BCUT2D eigenvalue weighted by molar-refractivity contribution is 6.36. The van der Waals surface area contributed by atoms with Crippen LogP contribution in [-0.4, -0.2) is 14.7 Å². The lowest BCUT2D eigenvalue weighted by Gasteiger charge is -2.11. The lowest BCUT2D eigenvalue weighted by molar-refractivity contribution is -0.138. The van der Waals surface area contributed by atoms with Gasteiger partial charge >= 0.3 is 12.4 Å². The maximum absolute atomic E-state index is 13.6. The molecule has 0 radical (unpaired) electrons. The van der Waals surface area contributed by atoms with E-state index < -0.39 is 29.0 Å². The summed E-state index contributed by atoms with van der Waals surface area (Å²) in [7, 11) is 0. The van der Waals surface area contributed by atoms with Crippen molar-refractivity contribution < 1.29 is 30.9 Å². The van der Waals surface area contributed by atoms with Gasteiger partial charge in [0.1, 0.15) is 0 Å². The van der Waals surface area contributed by atoms with Crippen molar-refractivity contribution in [3.63, 3.8) is 0 Å². The minimum atomic E-state index is -4.82. The van der Waals surface area contributed by atoms with Crippen molar-refractivity contribution in [3.8, 4) is 17.5 Å². The number of fused-ring (bicyclic) bond motifs is 1. The van der Waals surface area contributed by atoms with Gasteiger partial charge in [0.2, 0.25) is 0 Å². The molecule has 0 aliphatic rings. The predicted octanol–water partition coefficient (Wildman–Crippen LogP) is 6.30. The van der Waals surface area contributed by atoms with Gasteiger partial charge in [-0.15, -0.1) is 0 Å². The molecule has 0 atom stereocenters. The second kappa shape index (κ2) is 7.56. The number of benzene rings is 2. The van der Waals surface area contributed by atoms with Crippen LogP contribution in [0.4, 0.5) is 26.3 Å². The van der Waals surface area contributed by atoms with Crippen molar-refractivity contribution in [2.45, 2.75) is 18.9 Å². The van der Waals surface area contributed by atoms with Crippen LogP contribution in [0.15, 0.2) is 47.1 Å². The molecule has 0 saturated heterocycles. The number of hydrogen-bond acceptors (Lipinski definition) is 4. The Labute approximate surface area is 180 Å². The lowest BCUT2D eigenvalue weighted by Crippen LogP contribution is -2.09. The van der Waals surface area contributed by atoms with Gasteiger partial charge in [-0.1, -0.05) is 22.8 Å². The van der Waals surface area contributed by atoms with Gasteiger partial charge in [0.25, 0.3) is 5.89 Å². The topological polar surface area (TPSA) is 67.6 Å². The van der Waals surface area contributed by atoms with E-state index in [1.807, 2.05) is 0 Å². The number of nitrogens with zero attached hydrogens (tertiary/aromatic N) is 4. The number of halogens is 7. The highest BCUT2D eigenvalue weighted by atomic mass is 35.5. The van der Waals surface area contributed by atoms with E-state index in [0.29, 0.717) is 0 Å². The van der Waals surface area contributed by atoms with Crippen molar-refractivity contribution >= 4 is 22.5 Å². The van der Waals surface area contributed by atoms with Crippen LogP contribution in [0.5, 0.6) is 0 Å². The summed E-state index contributed by atoms with van der Waals surface area (Å²) in [5.41, 5.74) is -2.51.